The van der Waals surface area contributed by atoms with E-state index < -0.39 is 13.0 Å². The van der Waals surface area contributed by atoms with Gasteiger partial charge in [-0.2, -0.15) is 4.98 Å². The summed E-state index contributed by atoms with van der Waals surface area (Å²) in [5.41, 5.74) is 3.29. The summed E-state index contributed by atoms with van der Waals surface area (Å²) in [5.74, 6) is 1.32. The van der Waals surface area contributed by atoms with Gasteiger partial charge in [0.25, 0.3) is 6.43 Å². The molecule has 4 heterocycles. The second-order valence-corrected chi connectivity index (χ2v) is 9.31. The SMILES string of the molecule is Cc1nc2ncc(-c3c[nH]c4nc(NC5CCC(C(=O)N(C)C)CC5)ncc34)cc2n1CC(F)F. The van der Waals surface area contributed by atoms with Crippen LogP contribution in [0.5, 0.6) is 0 Å². The minimum atomic E-state index is -2.48. The van der Waals surface area contributed by atoms with Gasteiger partial charge in [0.2, 0.25) is 11.9 Å². The van der Waals surface area contributed by atoms with Gasteiger partial charge in [0.05, 0.1) is 12.1 Å². The number of amides is 1. The number of rotatable bonds is 6. The van der Waals surface area contributed by atoms with Gasteiger partial charge in [0.1, 0.15) is 11.5 Å². The average molecular weight is 483 g/mol. The van der Waals surface area contributed by atoms with Gasteiger partial charge in [-0.1, -0.05) is 0 Å². The Bertz CT molecular complexity index is 1370. The van der Waals surface area contributed by atoms with Crippen LogP contribution >= 0.6 is 0 Å². The molecule has 1 saturated carbocycles. The first kappa shape index (κ1) is 23.1. The monoisotopic (exact) mass is 482 g/mol. The number of carbonyl (C=O) groups excluding carboxylic acids is 1. The zero-order chi connectivity index (χ0) is 24.7. The van der Waals surface area contributed by atoms with Crippen molar-refractivity contribution in [3.63, 3.8) is 0 Å². The molecule has 0 aromatic carbocycles. The molecule has 9 nitrogen and oxygen atoms in total. The molecule has 2 N–H and O–H groups in total. The lowest BCUT2D eigenvalue weighted by Crippen LogP contribution is -2.35. The Morgan fingerprint density at radius 1 is 1.20 bits per heavy atom. The number of aryl methyl sites for hydroxylation is 1. The Morgan fingerprint density at radius 3 is 2.69 bits per heavy atom. The third kappa shape index (κ3) is 4.54. The third-order valence-corrected chi connectivity index (χ3v) is 6.71. The topological polar surface area (TPSA) is 105 Å². The smallest absolute Gasteiger partial charge is 0.256 e. The highest BCUT2D eigenvalue weighted by Gasteiger charge is 2.27. The fourth-order valence-electron chi connectivity index (χ4n) is 4.88. The van der Waals surface area contributed by atoms with Crippen LogP contribution in [0, 0.1) is 12.8 Å². The molecule has 0 bridgehead atoms. The molecule has 0 atom stereocenters. The first-order valence-electron chi connectivity index (χ1n) is 11.7. The van der Waals surface area contributed by atoms with Crippen molar-refractivity contribution in [3.8, 4) is 11.1 Å². The van der Waals surface area contributed by atoms with Crippen LogP contribution in [-0.4, -0.2) is 66.9 Å². The van der Waals surface area contributed by atoms with Crippen LogP contribution in [0.4, 0.5) is 14.7 Å². The van der Waals surface area contributed by atoms with Crippen LogP contribution in [0.25, 0.3) is 33.3 Å². The lowest BCUT2D eigenvalue weighted by Gasteiger charge is -2.29. The van der Waals surface area contributed by atoms with E-state index in [0.29, 0.717) is 28.6 Å². The van der Waals surface area contributed by atoms with Crippen molar-refractivity contribution in [1.82, 2.24) is 34.4 Å². The van der Waals surface area contributed by atoms with E-state index in [1.807, 2.05) is 12.3 Å². The van der Waals surface area contributed by atoms with Gasteiger partial charge in [0.15, 0.2) is 5.65 Å². The number of carbonyl (C=O) groups is 1. The minimum absolute atomic E-state index is 0.0872. The van der Waals surface area contributed by atoms with E-state index in [4.69, 9.17) is 0 Å². The van der Waals surface area contributed by atoms with Gasteiger partial charge in [-0.05, 0) is 38.7 Å². The maximum Gasteiger partial charge on any atom is 0.256 e. The Hall–Kier alpha value is -3.63. The number of nitrogens with one attached hydrogen (secondary N) is 2. The molecular formula is C24H28F2N8O. The van der Waals surface area contributed by atoms with Crippen LogP contribution in [0.1, 0.15) is 31.5 Å². The molecule has 5 rings (SSSR count). The number of anilines is 1. The molecule has 35 heavy (non-hydrogen) atoms. The van der Waals surface area contributed by atoms with E-state index in [-0.39, 0.29) is 17.9 Å². The lowest BCUT2D eigenvalue weighted by molar-refractivity contribution is -0.133. The molecule has 1 amide bonds. The lowest BCUT2D eigenvalue weighted by atomic mass is 9.85. The summed E-state index contributed by atoms with van der Waals surface area (Å²) in [6.45, 7) is 1.27. The first-order chi connectivity index (χ1) is 16.8. The number of H-pyrrole nitrogens is 1. The standard InChI is InChI=1S/C24H28F2N8O/c1-13-30-22-19(34(13)12-20(25)26)8-15(9-27-22)17-10-28-21-18(17)11-29-24(32-21)31-16-6-4-14(5-7-16)23(35)33(2)3/h8-11,14,16,20H,4-7,12H2,1-3H3,(H2,28,29,31,32). The van der Waals surface area contributed by atoms with Crippen LogP contribution < -0.4 is 5.32 Å². The highest BCUT2D eigenvalue weighted by molar-refractivity contribution is 5.95. The molecule has 0 saturated heterocycles. The van der Waals surface area contributed by atoms with Crippen molar-refractivity contribution in [1.29, 1.82) is 0 Å². The predicted molar refractivity (Wildman–Crippen MR) is 129 cm³/mol. The third-order valence-electron chi connectivity index (χ3n) is 6.71. The van der Waals surface area contributed by atoms with Crippen LogP contribution in [0.2, 0.25) is 0 Å². The maximum absolute atomic E-state index is 13.1. The highest BCUT2D eigenvalue weighted by atomic mass is 19.3. The molecule has 1 fully saturated rings. The number of nitrogens with zero attached hydrogens (tertiary/aromatic N) is 6. The van der Waals surface area contributed by atoms with Crippen LogP contribution in [0.3, 0.4) is 0 Å². The molecule has 1 aliphatic carbocycles. The van der Waals surface area contributed by atoms with Gasteiger partial charge in [-0.3, -0.25) is 4.79 Å². The molecular weight excluding hydrogens is 454 g/mol. The number of imidazole rings is 1. The summed E-state index contributed by atoms with van der Waals surface area (Å²) in [6, 6.07) is 2.05. The van der Waals surface area contributed by atoms with E-state index in [1.165, 1.54) is 4.57 Å². The van der Waals surface area contributed by atoms with E-state index >= 15 is 0 Å². The Labute approximate surface area is 201 Å². The van der Waals surface area contributed by atoms with E-state index in [0.717, 1.165) is 42.2 Å². The molecule has 1 aliphatic rings. The van der Waals surface area contributed by atoms with E-state index in [2.05, 4.69) is 30.2 Å². The Balaban J connectivity index is 1.35. The summed E-state index contributed by atoms with van der Waals surface area (Å²) in [6.07, 6.45) is 6.25. The Kier molecular flexibility index (Phi) is 6.08. The number of alkyl halides is 2. The van der Waals surface area contributed by atoms with Gasteiger partial charge >= 0.3 is 0 Å². The summed E-state index contributed by atoms with van der Waals surface area (Å²) in [7, 11) is 3.60. The molecule has 4 aromatic heterocycles. The summed E-state index contributed by atoms with van der Waals surface area (Å²) >= 11 is 0. The largest absolute Gasteiger partial charge is 0.351 e. The zero-order valence-electron chi connectivity index (χ0n) is 19.9. The van der Waals surface area contributed by atoms with Gasteiger partial charge in [0, 0.05) is 61.2 Å². The van der Waals surface area contributed by atoms with Crippen molar-refractivity contribution in [2.24, 2.45) is 5.92 Å². The zero-order valence-corrected chi connectivity index (χ0v) is 19.9. The van der Waals surface area contributed by atoms with Crippen molar-refractivity contribution in [3.05, 3.63) is 30.5 Å². The van der Waals surface area contributed by atoms with Gasteiger partial charge in [-0.15, -0.1) is 0 Å². The van der Waals surface area contributed by atoms with Crippen molar-refractivity contribution < 1.29 is 13.6 Å². The first-order valence-corrected chi connectivity index (χ1v) is 11.7. The van der Waals surface area contributed by atoms with Crippen LogP contribution in [-0.2, 0) is 11.3 Å². The molecule has 0 spiro atoms. The van der Waals surface area contributed by atoms with Crippen molar-refractivity contribution in [2.45, 2.75) is 51.6 Å². The summed E-state index contributed by atoms with van der Waals surface area (Å²) < 4.78 is 27.6. The number of hydrogen-bond donors (Lipinski definition) is 2. The van der Waals surface area contributed by atoms with E-state index in [1.54, 1.807) is 38.3 Å². The second-order valence-electron chi connectivity index (χ2n) is 9.31. The molecule has 4 aromatic rings. The van der Waals surface area contributed by atoms with Gasteiger partial charge < -0.3 is 19.8 Å². The second kappa shape index (κ2) is 9.20. The van der Waals surface area contributed by atoms with E-state index in [9.17, 15) is 13.6 Å². The number of aromatic amines is 1. The Morgan fingerprint density at radius 2 is 1.97 bits per heavy atom. The quantitative estimate of drug-likeness (QED) is 0.430. The number of aromatic nitrogens is 6. The van der Waals surface area contributed by atoms with Gasteiger partial charge in [-0.25, -0.2) is 23.7 Å². The number of pyridine rings is 1. The normalized spacial score (nSPS) is 18.5. The van der Waals surface area contributed by atoms with Crippen molar-refractivity contribution >= 4 is 34.1 Å². The molecule has 0 aliphatic heterocycles. The molecule has 0 radical (unpaired) electrons. The molecule has 11 heteroatoms. The number of halogens is 2. The van der Waals surface area contributed by atoms with Crippen LogP contribution in [0.15, 0.2) is 24.7 Å². The highest BCUT2D eigenvalue weighted by Crippen LogP contribution is 2.31. The summed E-state index contributed by atoms with van der Waals surface area (Å²) in [5, 5.41) is 4.21. The average Bonchev–Trinajstić information content (AvgIpc) is 3.39. The fourth-order valence-corrected chi connectivity index (χ4v) is 4.88. The number of fused-ring (bicyclic) bond motifs is 2. The maximum atomic E-state index is 13.1. The predicted octanol–water partition coefficient (Wildman–Crippen LogP) is 4.00. The fraction of sp³-hybridized carbons (Fsp3) is 0.458. The summed E-state index contributed by atoms with van der Waals surface area (Å²) in [4.78, 5) is 34.9. The minimum Gasteiger partial charge on any atom is -0.351 e. The number of hydrogen-bond acceptors (Lipinski definition) is 6. The van der Waals surface area contributed by atoms with Crippen molar-refractivity contribution in [2.75, 3.05) is 19.4 Å². The molecule has 184 valence electrons. The molecule has 0 unspecified atom stereocenters.